The van der Waals surface area contributed by atoms with E-state index in [9.17, 15) is 0 Å². The molecule has 4 nitrogen and oxygen atoms in total. The van der Waals surface area contributed by atoms with Crippen molar-refractivity contribution in [1.82, 2.24) is 15.3 Å². The Bertz CT molecular complexity index is 345. The summed E-state index contributed by atoms with van der Waals surface area (Å²) in [5, 5.41) is 6.90. The molecular formula is C12H20N4. The van der Waals surface area contributed by atoms with Gasteiger partial charge < -0.3 is 10.6 Å². The van der Waals surface area contributed by atoms with E-state index in [0.717, 1.165) is 30.3 Å². The minimum atomic E-state index is 0.579. The van der Waals surface area contributed by atoms with Gasteiger partial charge >= 0.3 is 0 Å². The van der Waals surface area contributed by atoms with Crippen LogP contribution in [0.15, 0.2) is 6.20 Å². The van der Waals surface area contributed by atoms with Crippen LogP contribution in [0.4, 0.5) is 5.82 Å². The Morgan fingerprint density at radius 1 is 1.44 bits per heavy atom. The lowest BCUT2D eigenvalue weighted by molar-refractivity contribution is 0.414. The highest BCUT2D eigenvalue weighted by Gasteiger charge is 2.12. The third-order valence-electron chi connectivity index (χ3n) is 3.00. The van der Waals surface area contributed by atoms with E-state index in [2.05, 4.69) is 20.6 Å². The molecule has 4 heteroatoms. The molecule has 16 heavy (non-hydrogen) atoms. The van der Waals surface area contributed by atoms with Gasteiger partial charge in [-0.2, -0.15) is 0 Å². The van der Waals surface area contributed by atoms with Crippen molar-refractivity contribution < 1.29 is 0 Å². The Labute approximate surface area is 96.9 Å². The molecule has 1 aliphatic heterocycles. The number of aryl methyl sites for hydroxylation is 2. The Morgan fingerprint density at radius 2 is 2.31 bits per heavy atom. The lowest BCUT2D eigenvalue weighted by atomic mass is 10.1. The van der Waals surface area contributed by atoms with E-state index in [0.29, 0.717) is 6.04 Å². The van der Waals surface area contributed by atoms with Gasteiger partial charge in [-0.05, 0) is 33.2 Å². The number of nitrogens with one attached hydrogen (secondary N) is 2. The fraction of sp³-hybridized carbons (Fsp3) is 0.667. The van der Waals surface area contributed by atoms with Crippen molar-refractivity contribution in [2.24, 2.45) is 0 Å². The van der Waals surface area contributed by atoms with Gasteiger partial charge in [-0.3, -0.25) is 4.98 Å². The minimum absolute atomic E-state index is 0.579. The molecule has 0 saturated carbocycles. The molecule has 2 heterocycles. The standard InChI is InChI=1S/C12H20N4/c1-9-7-14-10(2)12(16-9)15-8-11-5-3-4-6-13-11/h7,11,13H,3-6,8H2,1-2H3,(H,15,16). The molecule has 0 bridgehead atoms. The van der Waals surface area contributed by atoms with Gasteiger partial charge in [0.2, 0.25) is 0 Å². The molecular weight excluding hydrogens is 200 g/mol. The molecule has 88 valence electrons. The van der Waals surface area contributed by atoms with Crippen LogP contribution >= 0.6 is 0 Å². The highest BCUT2D eigenvalue weighted by atomic mass is 15.1. The van der Waals surface area contributed by atoms with Gasteiger partial charge in [0, 0.05) is 18.8 Å². The molecule has 1 aliphatic rings. The third kappa shape index (κ3) is 2.92. The van der Waals surface area contributed by atoms with E-state index < -0.39 is 0 Å². The summed E-state index contributed by atoms with van der Waals surface area (Å²) in [5.74, 6) is 0.923. The average molecular weight is 220 g/mol. The maximum Gasteiger partial charge on any atom is 0.147 e. The molecule has 2 N–H and O–H groups in total. The quantitative estimate of drug-likeness (QED) is 0.813. The number of anilines is 1. The van der Waals surface area contributed by atoms with E-state index >= 15 is 0 Å². The Balaban J connectivity index is 1.90. The van der Waals surface area contributed by atoms with Crippen LogP contribution in [0.3, 0.4) is 0 Å². The average Bonchev–Trinajstić information content (AvgIpc) is 2.32. The lowest BCUT2D eigenvalue weighted by Crippen LogP contribution is -2.39. The molecule has 0 spiro atoms. The Hall–Kier alpha value is -1.16. The molecule has 1 fully saturated rings. The first kappa shape index (κ1) is 11.3. The molecule has 0 amide bonds. The van der Waals surface area contributed by atoms with E-state index in [1.165, 1.54) is 19.3 Å². The third-order valence-corrected chi connectivity index (χ3v) is 3.00. The number of rotatable bonds is 3. The molecule has 0 radical (unpaired) electrons. The van der Waals surface area contributed by atoms with E-state index in [1.54, 1.807) is 6.20 Å². The van der Waals surface area contributed by atoms with Gasteiger partial charge in [0.25, 0.3) is 0 Å². The van der Waals surface area contributed by atoms with Crippen LogP contribution in [0, 0.1) is 13.8 Å². The summed E-state index contributed by atoms with van der Waals surface area (Å²) >= 11 is 0. The minimum Gasteiger partial charge on any atom is -0.367 e. The summed E-state index contributed by atoms with van der Waals surface area (Å²) in [6.45, 7) is 6.04. The summed E-state index contributed by atoms with van der Waals surface area (Å²) in [6.07, 6.45) is 5.70. The second-order valence-corrected chi connectivity index (χ2v) is 4.47. The molecule has 0 aliphatic carbocycles. The van der Waals surface area contributed by atoms with Gasteiger partial charge in [-0.1, -0.05) is 6.42 Å². The largest absolute Gasteiger partial charge is 0.367 e. The second kappa shape index (κ2) is 5.25. The predicted molar refractivity (Wildman–Crippen MR) is 65.6 cm³/mol. The number of aromatic nitrogens is 2. The molecule has 2 rings (SSSR count). The van der Waals surface area contributed by atoms with Gasteiger partial charge in [0.05, 0.1) is 11.4 Å². The van der Waals surface area contributed by atoms with Crippen LogP contribution < -0.4 is 10.6 Å². The molecule has 1 aromatic rings. The van der Waals surface area contributed by atoms with Crippen LogP contribution in [-0.4, -0.2) is 29.1 Å². The SMILES string of the molecule is Cc1cnc(C)c(NCC2CCCCN2)n1. The second-order valence-electron chi connectivity index (χ2n) is 4.47. The van der Waals surface area contributed by atoms with Crippen molar-refractivity contribution in [3.63, 3.8) is 0 Å². The number of hydrogen-bond donors (Lipinski definition) is 2. The van der Waals surface area contributed by atoms with Gasteiger partial charge in [-0.15, -0.1) is 0 Å². The van der Waals surface area contributed by atoms with E-state index in [4.69, 9.17) is 0 Å². The van der Waals surface area contributed by atoms with Crippen molar-refractivity contribution in [1.29, 1.82) is 0 Å². The van der Waals surface area contributed by atoms with Crippen LogP contribution in [0.5, 0.6) is 0 Å². The first-order chi connectivity index (χ1) is 7.75. The predicted octanol–water partition coefficient (Wildman–Crippen LogP) is 1.65. The zero-order chi connectivity index (χ0) is 11.4. The molecule has 1 unspecified atom stereocenters. The summed E-state index contributed by atoms with van der Waals surface area (Å²) in [4.78, 5) is 8.75. The van der Waals surface area contributed by atoms with Gasteiger partial charge in [0.1, 0.15) is 5.82 Å². The zero-order valence-corrected chi connectivity index (χ0v) is 10.1. The van der Waals surface area contributed by atoms with Crippen LogP contribution in [0.25, 0.3) is 0 Å². The lowest BCUT2D eigenvalue weighted by Gasteiger charge is -2.24. The normalized spacial score (nSPS) is 20.8. The Morgan fingerprint density at radius 3 is 3.06 bits per heavy atom. The summed E-state index contributed by atoms with van der Waals surface area (Å²) in [7, 11) is 0. The summed E-state index contributed by atoms with van der Waals surface area (Å²) in [6, 6.07) is 0.579. The van der Waals surface area contributed by atoms with Crippen molar-refractivity contribution >= 4 is 5.82 Å². The number of nitrogens with zero attached hydrogens (tertiary/aromatic N) is 2. The molecule has 1 saturated heterocycles. The Kier molecular flexibility index (Phi) is 3.72. The van der Waals surface area contributed by atoms with Crippen LogP contribution in [0.2, 0.25) is 0 Å². The number of piperidine rings is 1. The van der Waals surface area contributed by atoms with Crippen molar-refractivity contribution in [2.45, 2.75) is 39.2 Å². The highest BCUT2D eigenvalue weighted by Crippen LogP contribution is 2.11. The molecule has 1 aromatic heterocycles. The molecule has 0 aromatic carbocycles. The smallest absolute Gasteiger partial charge is 0.147 e. The highest BCUT2D eigenvalue weighted by molar-refractivity contribution is 5.39. The fourth-order valence-electron chi connectivity index (χ4n) is 2.02. The number of hydrogen-bond acceptors (Lipinski definition) is 4. The first-order valence-electron chi connectivity index (χ1n) is 6.03. The van der Waals surface area contributed by atoms with Crippen LogP contribution in [-0.2, 0) is 0 Å². The zero-order valence-electron chi connectivity index (χ0n) is 10.1. The van der Waals surface area contributed by atoms with Crippen molar-refractivity contribution in [3.05, 3.63) is 17.6 Å². The maximum absolute atomic E-state index is 4.46. The van der Waals surface area contributed by atoms with Crippen LogP contribution in [0.1, 0.15) is 30.7 Å². The van der Waals surface area contributed by atoms with E-state index in [1.807, 2.05) is 13.8 Å². The molecule has 1 atom stereocenters. The summed E-state index contributed by atoms with van der Waals surface area (Å²) in [5.41, 5.74) is 1.94. The van der Waals surface area contributed by atoms with Crippen molar-refractivity contribution in [3.8, 4) is 0 Å². The van der Waals surface area contributed by atoms with Crippen molar-refractivity contribution in [2.75, 3.05) is 18.4 Å². The summed E-state index contributed by atoms with van der Waals surface area (Å²) < 4.78 is 0. The van der Waals surface area contributed by atoms with Gasteiger partial charge in [0.15, 0.2) is 0 Å². The topological polar surface area (TPSA) is 49.8 Å². The fourth-order valence-corrected chi connectivity index (χ4v) is 2.02. The van der Waals surface area contributed by atoms with E-state index in [-0.39, 0.29) is 0 Å². The van der Waals surface area contributed by atoms with Gasteiger partial charge in [-0.25, -0.2) is 4.98 Å². The maximum atomic E-state index is 4.46. The monoisotopic (exact) mass is 220 g/mol. The first-order valence-corrected chi connectivity index (χ1v) is 6.03.